The molecule has 1 rings (SSSR count). The van der Waals surface area contributed by atoms with Crippen LogP contribution in [-0.2, 0) is 11.3 Å². The predicted molar refractivity (Wildman–Crippen MR) is 68.4 cm³/mol. The molecule has 0 atom stereocenters. The van der Waals surface area contributed by atoms with Gasteiger partial charge in [0.2, 0.25) is 5.91 Å². The quantitative estimate of drug-likeness (QED) is 0.688. The lowest BCUT2D eigenvalue weighted by Crippen LogP contribution is -2.36. The normalized spacial score (nSPS) is 10.7. The lowest BCUT2D eigenvalue weighted by molar-refractivity contribution is -0.130. The Hall–Kier alpha value is -1.62. The van der Waals surface area contributed by atoms with Crippen LogP contribution in [0, 0.1) is 0 Å². The molecule has 0 N–H and O–H groups in total. The van der Waals surface area contributed by atoms with Gasteiger partial charge in [-0.1, -0.05) is 6.92 Å². The van der Waals surface area contributed by atoms with Crippen molar-refractivity contribution in [1.82, 2.24) is 9.80 Å². The molecule has 0 fully saturated rings. The van der Waals surface area contributed by atoms with Crippen molar-refractivity contribution in [2.45, 2.75) is 19.9 Å². The summed E-state index contributed by atoms with van der Waals surface area (Å²) in [7, 11) is 3.48. The Bertz CT molecular complexity index is 399. The molecule has 1 aromatic heterocycles. The van der Waals surface area contributed by atoms with E-state index in [4.69, 9.17) is 4.42 Å². The van der Waals surface area contributed by atoms with Crippen molar-refractivity contribution in [2.75, 3.05) is 27.2 Å². The molecule has 1 heterocycles. The third kappa shape index (κ3) is 4.33. The van der Waals surface area contributed by atoms with Gasteiger partial charge < -0.3 is 9.32 Å². The van der Waals surface area contributed by atoms with Gasteiger partial charge in [-0.2, -0.15) is 0 Å². The Morgan fingerprint density at radius 3 is 2.61 bits per heavy atom. The fourth-order valence-corrected chi connectivity index (χ4v) is 1.63. The topological polar surface area (TPSA) is 53.8 Å². The maximum Gasteiger partial charge on any atom is 0.236 e. The van der Waals surface area contributed by atoms with Crippen molar-refractivity contribution in [1.29, 1.82) is 0 Å². The maximum absolute atomic E-state index is 11.7. The van der Waals surface area contributed by atoms with E-state index < -0.39 is 0 Å². The first-order chi connectivity index (χ1) is 8.56. The van der Waals surface area contributed by atoms with Gasteiger partial charge in [0.15, 0.2) is 12.0 Å². The Balaban J connectivity index is 2.61. The standard InChI is InChI=1S/C13H20N2O3/c1-4-7-15(9-13(17)14(2)3)8-11-5-6-12(10-16)18-11/h5-6,10H,4,7-9H2,1-3H3. The number of carbonyl (C=O) groups is 2. The molecule has 5 heteroatoms. The van der Waals surface area contributed by atoms with Crippen LogP contribution in [0.5, 0.6) is 0 Å². The number of aldehydes is 1. The van der Waals surface area contributed by atoms with Crippen LogP contribution < -0.4 is 0 Å². The Morgan fingerprint density at radius 2 is 2.11 bits per heavy atom. The average Bonchev–Trinajstić information content (AvgIpc) is 2.76. The Labute approximate surface area is 107 Å². The highest BCUT2D eigenvalue weighted by atomic mass is 16.3. The molecule has 1 aromatic rings. The molecular weight excluding hydrogens is 232 g/mol. The van der Waals surface area contributed by atoms with Crippen LogP contribution in [0.1, 0.15) is 29.7 Å². The lowest BCUT2D eigenvalue weighted by Gasteiger charge is -2.21. The summed E-state index contributed by atoms with van der Waals surface area (Å²) in [4.78, 5) is 25.8. The number of likely N-dealkylation sites (N-methyl/N-ethyl adjacent to an activating group) is 1. The minimum atomic E-state index is 0.0608. The first kappa shape index (κ1) is 14.4. The van der Waals surface area contributed by atoms with Gasteiger partial charge in [0.05, 0.1) is 13.1 Å². The van der Waals surface area contributed by atoms with Crippen molar-refractivity contribution >= 4 is 12.2 Å². The van der Waals surface area contributed by atoms with Gasteiger partial charge in [0.25, 0.3) is 0 Å². The summed E-state index contributed by atoms with van der Waals surface area (Å²) >= 11 is 0. The number of rotatable bonds is 7. The van der Waals surface area contributed by atoms with Gasteiger partial charge in [-0.25, -0.2) is 0 Å². The van der Waals surface area contributed by atoms with Crippen LogP contribution in [0.4, 0.5) is 0 Å². The molecule has 5 nitrogen and oxygen atoms in total. The number of amides is 1. The zero-order chi connectivity index (χ0) is 13.5. The molecule has 0 aliphatic carbocycles. The minimum absolute atomic E-state index is 0.0608. The average molecular weight is 252 g/mol. The molecule has 0 spiro atoms. The van der Waals surface area contributed by atoms with Gasteiger partial charge in [0, 0.05) is 14.1 Å². The molecule has 0 saturated carbocycles. The van der Waals surface area contributed by atoms with Crippen LogP contribution in [0.25, 0.3) is 0 Å². The van der Waals surface area contributed by atoms with E-state index >= 15 is 0 Å². The molecule has 0 aliphatic heterocycles. The maximum atomic E-state index is 11.7. The summed E-state index contributed by atoms with van der Waals surface area (Å²) in [5.74, 6) is 1.09. The van der Waals surface area contributed by atoms with Gasteiger partial charge in [0.1, 0.15) is 5.76 Å². The van der Waals surface area contributed by atoms with Crippen LogP contribution in [0.15, 0.2) is 16.5 Å². The second-order valence-electron chi connectivity index (χ2n) is 4.42. The summed E-state index contributed by atoms with van der Waals surface area (Å²) in [5, 5.41) is 0. The van der Waals surface area contributed by atoms with Crippen LogP contribution >= 0.6 is 0 Å². The van der Waals surface area contributed by atoms with Crippen LogP contribution in [0.2, 0.25) is 0 Å². The van der Waals surface area contributed by atoms with E-state index in [2.05, 4.69) is 6.92 Å². The Morgan fingerprint density at radius 1 is 1.39 bits per heavy atom. The fourth-order valence-electron chi connectivity index (χ4n) is 1.63. The molecule has 0 aliphatic rings. The zero-order valence-corrected chi connectivity index (χ0v) is 11.2. The third-order valence-corrected chi connectivity index (χ3v) is 2.58. The molecule has 100 valence electrons. The van der Waals surface area contributed by atoms with Crippen molar-refractivity contribution in [3.63, 3.8) is 0 Å². The number of carbonyl (C=O) groups excluding carboxylic acids is 2. The highest BCUT2D eigenvalue weighted by Crippen LogP contribution is 2.09. The predicted octanol–water partition coefficient (Wildman–Crippen LogP) is 1.39. The Kier molecular flexibility index (Phi) is 5.58. The molecular formula is C13H20N2O3. The monoisotopic (exact) mass is 252 g/mol. The van der Waals surface area contributed by atoms with E-state index in [0.29, 0.717) is 30.9 Å². The molecule has 0 unspecified atom stereocenters. The summed E-state index contributed by atoms with van der Waals surface area (Å²) in [6.07, 6.45) is 1.64. The van der Waals surface area contributed by atoms with E-state index in [1.165, 1.54) is 0 Å². The summed E-state index contributed by atoms with van der Waals surface area (Å²) in [6, 6.07) is 3.41. The number of hydrogen-bond donors (Lipinski definition) is 0. The van der Waals surface area contributed by atoms with Crippen molar-refractivity contribution in [3.8, 4) is 0 Å². The van der Waals surface area contributed by atoms with E-state index in [1.807, 2.05) is 4.90 Å². The zero-order valence-electron chi connectivity index (χ0n) is 11.2. The van der Waals surface area contributed by atoms with Gasteiger partial charge in [-0.15, -0.1) is 0 Å². The first-order valence-electron chi connectivity index (χ1n) is 6.03. The van der Waals surface area contributed by atoms with Gasteiger partial charge >= 0.3 is 0 Å². The number of nitrogens with zero attached hydrogens (tertiary/aromatic N) is 2. The van der Waals surface area contributed by atoms with Gasteiger partial charge in [-0.05, 0) is 25.1 Å². The van der Waals surface area contributed by atoms with Crippen molar-refractivity contribution < 1.29 is 14.0 Å². The molecule has 0 bridgehead atoms. The first-order valence-corrected chi connectivity index (χ1v) is 6.03. The van der Waals surface area contributed by atoms with E-state index in [1.54, 1.807) is 31.1 Å². The van der Waals surface area contributed by atoms with Crippen LogP contribution in [0.3, 0.4) is 0 Å². The SMILES string of the molecule is CCCN(CC(=O)N(C)C)Cc1ccc(C=O)o1. The summed E-state index contributed by atoms with van der Waals surface area (Å²) < 4.78 is 5.32. The fraction of sp³-hybridized carbons (Fsp3) is 0.538. The lowest BCUT2D eigenvalue weighted by atomic mass is 10.3. The van der Waals surface area contributed by atoms with E-state index in [-0.39, 0.29) is 5.91 Å². The molecule has 0 saturated heterocycles. The smallest absolute Gasteiger partial charge is 0.236 e. The van der Waals surface area contributed by atoms with Crippen molar-refractivity contribution in [2.24, 2.45) is 0 Å². The second kappa shape index (κ2) is 6.96. The highest BCUT2D eigenvalue weighted by molar-refractivity contribution is 5.77. The van der Waals surface area contributed by atoms with Crippen molar-refractivity contribution in [3.05, 3.63) is 23.7 Å². The largest absolute Gasteiger partial charge is 0.457 e. The van der Waals surface area contributed by atoms with Gasteiger partial charge in [-0.3, -0.25) is 14.5 Å². The minimum Gasteiger partial charge on any atom is -0.457 e. The second-order valence-corrected chi connectivity index (χ2v) is 4.42. The summed E-state index contributed by atoms with van der Waals surface area (Å²) in [5.41, 5.74) is 0. The molecule has 1 amide bonds. The number of furan rings is 1. The molecule has 0 aromatic carbocycles. The third-order valence-electron chi connectivity index (χ3n) is 2.58. The van der Waals surface area contributed by atoms with E-state index in [9.17, 15) is 9.59 Å². The molecule has 18 heavy (non-hydrogen) atoms. The van der Waals surface area contributed by atoms with E-state index in [0.717, 1.165) is 13.0 Å². The molecule has 0 radical (unpaired) electrons. The summed E-state index contributed by atoms with van der Waals surface area (Å²) in [6.45, 7) is 3.78. The number of hydrogen-bond acceptors (Lipinski definition) is 4. The highest BCUT2D eigenvalue weighted by Gasteiger charge is 2.13. The van der Waals surface area contributed by atoms with Crippen LogP contribution in [-0.4, -0.2) is 49.2 Å².